The number of carbonyl (C=O) groups is 2. The number of Topliss-reactive ketones (excluding diaryl/α,β-unsaturated/α-hetero) is 1. The third-order valence-corrected chi connectivity index (χ3v) is 5.17. The van der Waals surface area contributed by atoms with Crippen molar-refractivity contribution in [1.29, 1.82) is 0 Å². The molecule has 1 unspecified atom stereocenters. The highest BCUT2D eigenvalue weighted by Crippen LogP contribution is 2.40. The summed E-state index contributed by atoms with van der Waals surface area (Å²) in [6, 6.07) is 10.4. The van der Waals surface area contributed by atoms with Gasteiger partial charge in [0.1, 0.15) is 17.3 Å². The van der Waals surface area contributed by atoms with Gasteiger partial charge in [-0.3, -0.25) is 9.59 Å². The van der Waals surface area contributed by atoms with Crippen LogP contribution in [0.2, 0.25) is 0 Å². The third-order valence-electron chi connectivity index (χ3n) is 5.17. The Morgan fingerprint density at radius 3 is 2.57 bits per heavy atom. The Balaban J connectivity index is 2.17. The van der Waals surface area contributed by atoms with E-state index < -0.39 is 23.5 Å². The van der Waals surface area contributed by atoms with Crippen LogP contribution < -0.4 is 4.74 Å². The van der Waals surface area contributed by atoms with Crippen LogP contribution in [0.5, 0.6) is 5.75 Å². The van der Waals surface area contributed by atoms with E-state index in [4.69, 9.17) is 4.74 Å². The summed E-state index contributed by atoms with van der Waals surface area (Å²) in [5, 5.41) is 11.0. The molecule has 1 heterocycles. The lowest BCUT2D eigenvalue weighted by Gasteiger charge is -2.26. The van der Waals surface area contributed by atoms with Crippen molar-refractivity contribution in [2.45, 2.75) is 13.0 Å². The van der Waals surface area contributed by atoms with E-state index >= 15 is 0 Å². The maximum absolute atomic E-state index is 13.7. The minimum atomic E-state index is -0.773. The molecule has 1 fully saturated rings. The molecule has 2 aromatic carbocycles. The lowest BCUT2D eigenvalue weighted by atomic mass is 9.94. The van der Waals surface area contributed by atoms with Gasteiger partial charge in [0.25, 0.3) is 11.7 Å². The van der Waals surface area contributed by atoms with Gasteiger partial charge in [-0.2, -0.15) is 0 Å². The number of methoxy groups -OCH3 is 1. The van der Waals surface area contributed by atoms with Gasteiger partial charge >= 0.3 is 0 Å². The highest BCUT2D eigenvalue weighted by atomic mass is 19.1. The standard InChI is InChI=1S/C23H25FN2O4/c1-14-12-16(8-9-18(14)24)21(27)19-20(15-6-5-7-17(13-15)30-4)26(11-10-25(2)3)23(29)22(19)28/h5-9,12-13,20,27H,10-11H2,1-4H3/b21-19-. The van der Waals surface area contributed by atoms with Crippen LogP contribution in [0.15, 0.2) is 48.0 Å². The van der Waals surface area contributed by atoms with Crippen molar-refractivity contribution in [1.82, 2.24) is 9.80 Å². The van der Waals surface area contributed by atoms with Crippen molar-refractivity contribution < 1.29 is 23.8 Å². The summed E-state index contributed by atoms with van der Waals surface area (Å²) < 4.78 is 19.0. The highest BCUT2D eigenvalue weighted by molar-refractivity contribution is 6.46. The first-order valence-electron chi connectivity index (χ1n) is 9.58. The fourth-order valence-corrected chi connectivity index (χ4v) is 3.52. The van der Waals surface area contributed by atoms with E-state index in [-0.39, 0.29) is 16.9 Å². The summed E-state index contributed by atoms with van der Waals surface area (Å²) in [5.41, 5.74) is 1.25. The third kappa shape index (κ3) is 4.07. The number of aliphatic hydroxyl groups is 1. The van der Waals surface area contributed by atoms with Gasteiger partial charge in [0, 0.05) is 18.7 Å². The molecule has 1 amide bonds. The van der Waals surface area contributed by atoms with Gasteiger partial charge in [-0.05, 0) is 62.5 Å². The number of ether oxygens (including phenoxy) is 1. The number of halogens is 1. The molecule has 0 saturated carbocycles. The SMILES string of the molecule is COc1cccc(C2/C(=C(/O)c3ccc(F)c(C)c3)C(=O)C(=O)N2CCN(C)C)c1. The fourth-order valence-electron chi connectivity index (χ4n) is 3.52. The van der Waals surface area contributed by atoms with E-state index in [9.17, 15) is 19.1 Å². The molecule has 1 N–H and O–H groups in total. The van der Waals surface area contributed by atoms with Crippen molar-refractivity contribution >= 4 is 17.4 Å². The average molecular weight is 412 g/mol. The molecule has 30 heavy (non-hydrogen) atoms. The molecule has 6 nitrogen and oxygen atoms in total. The summed E-state index contributed by atoms with van der Waals surface area (Å²) in [7, 11) is 5.28. The van der Waals surface area contributed by atoms with Crippen molar-refractivity contribution in [3.8, 4) is 5.75 Å². The van der Waals surface area contributed by atoms with E-state index in [2.05, 4.69) is 0 Å². The lowest BCUT2D eigenvalue weighted by Crippen LogP contribution is -2.35. The van der Waals surface area contributed by atoms with Gasteiger partial charge in [0.15, 0.2) is 0 Å². The summed E-state index contributed by atoms with van der Waals surface area (Å²) in [6.45, 7) is 2.42. The Hall–Kier alpha value is -3.19. The first kappa shape index (κ1) is 21.5. The number of amides is 1. The van der Waals surface area contributed by atoms with E-state index in [1.54, 1.807) is 31.2 Å². The molecule has 0 radical (unpaired) electrons. The van der Waals surface area contributed by atoms with Crippen LogP contribution in [0.3, 0.4) is 0 Å². The Bertz CT molecular complexity index is 1020. The van der Waals surface area contributed by atoms with Crippen molar-refractivity contribution in [2.75, 3.05) is 34.3 Å². The number of hydrogen-bond acceptors (Lipinski definition) is 5. The Kier molecular flexibility index (Phi) is 6.22. The number of aliphatic hydroxyl groups excluding tert-OH is 1. The maximum atomic E-state index is 13.7. The monoisotopic (exact) mass is 412 g/mol. The van der Waals surface area contributed by atoms with Gasteiger partial charge in [0.2, 0.25) is 0 Å². The van der Waals surface area contributed by atoms with Crippen LogP contribution in [-0.2, 0) is 9.59 Å². The van der Waals surface area contributed by atoms with Crippen LogP contribution in [0.25, 0.3) is 5.76 Å². The lowest BCUT2D eigenvalue weighted by molar-refractivity contribution is -0.140. The number of nitrogens with zero attached hydrogens (tertiary/aromatic N) is 2. The van der Waals surface area contributed by atoms with Crippen molar-refractivity contribution in [2.24, 2.45) is 0 Å². The smallest absolute Gasteiger partial charge is 0.295 e. The normalized spacial score (nSPS) is 18.3. The molecule has 1 saturated heterocycles. The molecule has 158 valence electrons. The minimum absolute atomic E-state index is 0.0157. The van der Waals surface area contributed by atoms with E-state index in [0.717, 1.165) is 0 Å². The maximum Gasteiger partial charge on any atom is 0.295 e. The zero-order valence-corrected chi connectivity index (χ0v) is 17.5. The number of likely N-dealkylation sites (N-methyl/N-ethyl adjacent to an activating group) is 1. The van der Waals surface area contributed by atoms with Gasteiger partial charge in [-0.1, -0.05) is 12.1 Å². The Morgan fingerprint density at radius 2 is 1.93 bits per heavy atom. The summed E-state index contributed by atoms with van der Waals surface area (Å²) >= 11 is 0. The van der Waals surface area contributed by atoms with Crippen molar-refractivity contribution in [3.63, 3.8) is 0 Å². The molecular formula is C23H25FN2O4. The number of ketones is 1. The molecule has 0 aliphatic carbocycles. The second-order valence-electron chi connectivity index (χ2n) is 7.54. The molecule has 3 rings (SSSR count). The molecule has 2 aromatic rings. The number of aryl methyl sites for hydroxylation is 1. The van der Waals surface area contributed by atoms with E-state index in [1.807, 2.05) is 19.0 Å². The molecule has 0 bridgehead atoms. The number of likely N-dealkylation sites (tertiary alicyclic amines) is 1. The van der Waals surface area contributed by atoms with Crippen LogP contribution in [0.1, 0.15) is 22.7 Å². The van der Waals surface area contributed by atoms with Crippen LogP contribution in [-0.4, -0.2) is 60.9 Å². The molecule has 1 aliphatic rings. The van der Waals surface area contributed by atoms with Crippen LogP contribution in [0, 0.1) is 12.7 Å². The zero-order chi connectivity index (χ0) is 22.0. The Labute approximate surface area is 175 Å². The van der Waals surface area contributed by atoms with E-state index in [0.29, 0.717) is 30.0 Å². The van der Waals surface area contributed by atoms with Crippen LogP contribution >= 0.6 is 0 Å². The zero-order valence-electron chi connectivity index (χ0n) is 17.5. The minimum Gasteiger partial charge on any atom is -0.507 e. The Morgan fingerprint density at radius 1 is 1.20 bits per heavy atom. The molecule has 1 atom stereocenters. The molecule has 1 aliphatic heterocycles. The average Bonchev–Trinajstić information content (AvgIpc) is 2.98. The molecule has 0 spiro atoms. The molecular weight excluding hydrogens is 387 g/mol. The van der Waals surface area contributed by atoms with Crippen LogP contribution in [0.4, 0.5) is 4.39 Å². The number of hydrogen-bond donors (Lipinski definition) is 1. The quantitative estimate of drug-likeness (QED) is 0.449. The second kappa shape index (κ2) is 8.67. The topological polar surface area (TPSA) is 70.1 Å². The first-order chi connectivity index (χ1) is 14.2. The van der Waals surface area contributed by atoms with Gasteiger partial charge in [0.05, 0.1) is 18.7 Å². The second-order valence-corrected chi connectivity index (χ2v) is 7.54. The number of rotatable bonds is 6. The highest BCUT2D eigenvalue weighted by Gasteiger charge is 2.46. The number of carbonyl (C=O) groups excluding carboxylic acids is 2. The largest absolute Gasteiger partial charge is 0.507 e. The predicted molar refractivity (Wildman–Crippen MR) is 112 cm³/mol. The summed E-state index contributed by atoms with van der Waals surface area (Å²) in [5.74, 6) is -1.60. The summed E-state index contributed by atoms with van der Waals surface area (Å²) in [6.07, 6.45) is 0. The number of benzene rings is 2. The van der Waals surface area contributed by atoms with Gasteiger partial charge < -0.3 is 19.6 Å². The summed E-state index contributed by atoms with van der Waals surface area (Å²) in [4.78, 5) is 29.1. The predicted octanol–water partition coefficient (Wildman–Crippen LogP) is 3.13. The van der Waals surface area contributed by atoms with Gasteiger partial charge in [-0.25, -0.2) is 4.39 Å². The van der Waals surface area contributed by atoms with E-state index in [1.165, 1.54) is 30.2 Å². The van der Waals surface area contributed by atoms with Gasteiger partial charge in [-0.15, -0.1) is 0 Å². The van der Waals surface area contributed by atoms with Crippen molar-refractivity contribution in [3.05, 3.63) is 70.5 Å². The first-order valence-corrected chi connectivity index (χ1v) is 9.58. The fraction of sp³-hybridized carbons (Fsp3) is 0.304. The molecule has 0 aromatic heterocycles. The molecule has 7 heteroatoms.